The fraction of sp³-hybridized carbons (Fsp3) is 0.167. The molecule has 2 amide bonds. The summed E-state index contributed by atoms with van der Waals surface area (Å²) in [5.41, 5.74) is 1.90. The SMILES string of the molecule is O=C(NC(CO)C(=O)NCc1ccc(C(F)(F)F)cc1)c1ccc(-c2ccccc2)cc1. The first-order valence-corrected chi connectivity index (χ1v) is 9.79. The highest BCUT2D eigenvalue weighted by atomic mass is 19.4. The molecule has 0 aliphatic rings. The third kappa shape index (κ3) is 5.95. The summed E-state index contributed by atoms with van der Waals surface area (Å²) in [5, 5.41) is 14.5. The van der Waals surface area contributed by atoms with Gasteiger partial charge in [-0.25, -0.2) is 0 Å². The van der Waals surface area contributed by atoms with E-state index in [0.717, 1.165) is 23.3 Å². The van der Waals surface area contributed by atoms with E-state index in [-0.39, 0.29) is 6.54 Å². The van der Waals surface area contributed by atoms with Crippen LogP contribution < -0.4 is 10.6 Å². The van der Waals surface area contributed by atoms with Crippen molar-refractivity contribution in [2.75, 3.05) is 6.61 Å². The van der Waals surface area contributed by atoms with E-state index in [1.54, 1.807) is 24.3 Å². The number of rotatable bonds is 7. The molecule has 0 saturated carbocycles. The Morgan fingerprint density at radius 1 is 0.844 bits per heavy atom. The van der Waals surface area contributed by atoms with Crippen molar-refractivity contribution in [2.24, 2.45) is 0 Å². The van der Waals surface area contributed by atoms with Crippen LogP contribution in [-0.4, -0.2) is 29.6 Å². The minimum Gasteiger partial charge on any atom is -0.394 e. The van der Waals surface area contributed by atoms with E-state index in [4.69, 9.17) is 0 Å². The molecule has 0 aliphatic carbocycles. The Labute approximate surface area is 182 Å². The fourth-order valence-corrected chi connectivity index (χ4v) is 3.00. The molecule has 8 heteroatoms. The number of halogens is 3. The number of carbonyl (C=O) groups is 2. The maximum atomic E-state index is 12.6. The van der Waals surface area contributed by atoms with Crippen molar-refractivity contribution in [3.63, 3.8) is 0 Å². The van der Waals surface area contributed by atoms with Gasteiger partial charge in [0.2, 0.25) is 5.91 Å². The number of aliphatic hydroxyl groups is 1. The summed E-state index contributed by atoms with van der Waals surface area (Å²) >= 11 is 0. The molecule has 0 saturated heterocycles. The molecule has 3 rings (SSSR count). The van der Waals surface area contributed by atoms with Gasteiger partial charge >= 0.3 is 6.18 Å². The van der Waals surface area contributed by atoms with Gasteiger partial charge in [-0.1, -0.05) is 54.6 Å². The van der Waals surface area contributed by atoms with Crippen molar-refractivity contribution in [1.82, 2.24) is 10.6 Å². The predicted molar refractivity (Wildman–Crippen MR) is 114 cm³/mol. The summed E-state index contributed by atoms with van der Waals surface area (Å²) in [5.74, 6) is -1.19. The Bertz CT molecular complexity index is 1050. The molecule has 1 unspecified atom stereocenters. The second kappa shape index (κ2) is 10.1. The van der Waals surface area contributed by atoms with Crippen molar-refractivity contribution in [3.8, 4) is 11.1 Å². The molecule has 0 radical (unpaired) electrons. The predicted octanol–water partition coefficient (Wildman–Crippen LogP) is 3.78. The molecule has 0 aromatic heterocycles. The molecule has 32 heavy (non-hydrogen) atoms. The molecule has 0 aliphatic heterocycles. The molecule has 3 aromatic carbocycles. The summed E-state index contributed by atoms with van der Waals surface area (Å²) in [6.07, 6.45) is -4.44. The van der Waals surface area contributed by atoms with Crippen molar-refractivity contribution in [1.29, 1.82) is 0 Å². The van der Waals surface area contributed by atoms with Gasteiger partial charge in [-0.2, -0.15) is 13.2 Å². The van der Waals surface area contributed by atoms with E-state index < -0.39 is 36.2 Å². The standard InChI is InChI=1S/C24H21F3N2O3/c25-24(26,27)20-12-6-16(7-13-20)14-28-23(32)21(15-30)29-22(31)19-10-8-18(9-11-19)17-4-2-1-3-5-17/h1-13,21,30H,14-15H2,(H,28,32)(H,29,31). The van der Waals surface area contributed by atoms with Gasteiger partial charge in [0.15, 0.2) is 0 Å². The molecule has 1 atom stereocenters. The minimum absolute atomic E-state index is 0.0465. The third-order valence-electron chi connectivity index (χ3n) is 4.81. The average molecular weight is 442 g/mol. The van der Waals surface area contributed by atoms with Crippen molar-refractivity contribution < 1.29 is 27.9 Å². The van der Waals surface area contributed by atoms with E-state index in [1.165, 1.54) is 12.1 Å². The average Bonchev–Trinajstić information content (AvgIpc) is 2.81. The van der Waals surface area contributed by atoms with Crippen molar-refractivity contribution in [3.05, 3.63) is 95.6 Å². The molecule has 3 aromatic rings. The van der Waals surface area contributed by atoms with Crippen LogP contribution in [0.5, 0.6) is 0 Å². The van der Waals surface area contributed by atoms with Crippen LogP contribution in [0, 0.1) is 0 Å². The highest BCUT2D eigenvalue weighted by molar-refractivity contribution is 5.98. The van der Waals surface area contributed by atoms with Crippen molar-refractivity contribution >= 4 is 11.8 Å². The molecule has 166 valence electrons. The molecule has 0 spiro atoms. The van der Waals surface area contributed by atoms with E-state index in [2.05, 4.69) is 10.6 Å². The first-order valence-electron chi connectivity index (χ1n) is 9.79. The summed E-state index contributed by atoms with van der Waals surface area (Å²) < 4.78 is 37.9. The van der Waals surface area contributed by atoms with Crippen LogP contribution in [0.1, 0.15) is 21.5 Å². The van der Waals surface area contributed by atoms with Gasteiger partial charge in [0.05, 0.1) is 12.2 Å². The Morgan fingerprint density at radius 3 is 2.00 bits per heavy atom. The molecule has 0 heterocycles. The maximum absolute atomic E-state index is 12.6. The molecule has 3 N–H and O–H groups in total. The Morgan fingerprint density at radius 2 is 1.44 bits per heavy atom. The maximum Gasteiger partial charge on any atom is 0.416 e. The van der Waals surface area contributed by atoms with E-state index in [1.807, 2.05) is 30.3 Å². The number of benzene rings is 3. The Kier molecular flexibility index (Phi) is 7.27. The van der Waals surface area contributed by atoms with Gasteiger partial charge in [0.1, 0.15) is 6.04 Å². The Balaban J connectivity index is 1.57. The molecule has 0 fully saturated rings. The minimum atomic E-state index is -4.44. The van der Waals surface area contributed by atoms with Gasteiger partial charge < -0.3 is 15.7 Å². The van der Waals surface area contributed by atoms with Crippen LogP contribution >= 0.6 is 0 Å². The number of hydrogen-bond donors (Lipinski definition) is 3. The van der Waals surface area contributed by atoms with Gasteiger partial charge in [-0.05, 0) is 41.0 Å². The summed E-state index contributed by atoms with van der Waals surface area (Å²) in [7, 11) is 0. The number of aliphatic hydroxyl groups excluding tert-OH is 1. The normalized spacial score (nSPS) is 12.1. The van der Waals surface area contributed by atoms with E-state index >= 15 is 0 Å². The second-order valence-corrected chi connectivity index (χ2v) is 7.06. The van der Waals surface area contributed by atoms with Crippen LogP contribution in [0.2, 0.25) is 0 Å². The highest BCUT2D eigenvalue weighted by Gasteiger charge is 2.30. The lowest BCUT2D eigenvalue weighted by Crippen LogP contribution is -2.48. The topological polar surface area (TPSA) is 78.4 Å². The molecule has 0 bridgehead atoms. The first kappa shape index (κ1) is 23.0. The van der Waals surface area contributed by atoms with Crippen LogP contribution in [0.25, 0.3) is 11.1 Å². The largest absolute Gasteiger partial charge is 0.416 e. The van der Waals surface area contributed by atoms with E-state index in [0.29, 0.717) is 11.1 Å². The van der Waals surface area contributed by atoms with Crippen molar-refractivity contribution in [2.45, 2.75) is 18.8 Å². The third-order valence-corrected chi connectivity index (χ3v) is 4.81. The fourth-order valence-electron chi connectivity index (χ4n) is 3.00. The Hall–Kier alpha value is -3.65. The molecular formula is C24H21F3N2O3. The van der Waals surface area contributed by atoms with Gasteiger partial charge in [0.25, 0.3) is 5.91 Å². The van der Waals surface area contributed by atoms with Crippen LogP contribution in [0.15, 0.2) is 78.9 Å². The number of carbonyl (C=O) groups excluding carboxylic acids is 2. The van der Waals surface area contributed by atoms with Crippen LogP contribution in [-0.2, 0) is 17.5 Å². The zero-order chi connectivity index (χ0) is 23.1. The molecule has 5 nitrogen and oxygen atoms in total. The number of alkyl halides is 3. The number of hydrogen-bond acceptors (Lipinski definition) is 3. The monoisotopic (exact) mass is 442 g/mol. The lowest BCUT2D eigenvalue weighted by Gasteiger charge is -2.16. The van der Waals surface area contributed by atoms with Crippen LogP contribution in [0.3, 0.4) is 0 Å². The van der Waals surface area contributed by atoms with E-state index in [9.17, 15) is 27.9 Å². The molecular weight excluding hydrogens is 421 g/mol. The zero-order valence-electron chi connectivity index (χ0n) is 16.9. The summed E-state index contributed by atoms with van der Waals surface area (Å²) in [6.45, 7) is -0.679. The zero-order valence-corrected chi connectivity index (χ0v) is 16.9. The van der Waals surface area contributed by atoms with Gasteiger partial charge in [-0.3, -0.25) is 9.59 Å². The number of amides is 2. The summed E-state index contributed by atoms with van der Waals surface area (Å²) in [4.78, 5) is 24.8. The lowest BCUT2D eigenvalue weighted by molar-refractivity contribution is -0.137. The van der Waals surface area contributed by atoms with Gasteiger partial charge in [0, 0.05) is 12.1 Å². The number of nitrogens with one attached hydrogen (secondary N) is 2. The smallest absolute Gasteiger partial charge is 0.394 e. The second-order valence-electron chi connectivity index (χ2n) is 7.06. The highest BCUT2D eigenvalue weighted by Crippen LogP contribution is 2.29. The summed E-state index contributed by atoms with van der Waals surface area (Å²) in [6, 6.07) is 19.6. The quantitative estimate of drug-likeness (QED) is 0.521. The lowest BCUT2D eigenvalue weighted by atomic mass is 10.0. The first-order chi connectivity index (χ1) is 15.3. The van der Waals surface area contributed by atoms with Crippen LogP contribution in [0.4, 0.5) is 13.2 Å². The van der Waals surface area contributed by atoms with Gasteiger partial charge in [-0.15, -0.1) is 0 Å².